The third kappa shape index (κ3) is 4.16. The van der Waals surface area contributed by atoms with Gasteiger partial charge in [-0.3, -0.25) is 0 Å². The van der Waals surface area contributed by atoms with Crippen molar-refractivity contribution >= 4 is 22.7 Å². The van der Waals surface area contributed by atoms with Gasteiger partial charge in [-0.15, -0.1) is 16.4 Å². The Morgan fingerprint density at radius 3 is 2.79 bits per heavy atom. The second-order valence-corrected chi connectivity index (χ2v) is 9.51. The van der Waals surface area contributed by atoms with Crippen LogP contribution < -0.4 is 14.2 Å². The molecule has 0 spiro atoms. The van der Waals surface area contributed by atoms with Crippen LogP contribution in [0.2, 0.25) is 0 Å². The van der Waals surface area contributed by atoms with Crippen LogP contribution in [0.3, 0.4) is 0 Å². The lowest BCUT2D eigenvalue weighted by Crippen LogP contribution is -2.15. The van der Waals surface area contributed by atoms with E-state index in [1.54, 1.807) is 48.5 Å². The second-order valence-electron chi connectivity index (χ2n) is 8.56. The highest BCUT2D eigenvalue weighted by molar-refractivity contribution is 7.12. The molecule has 38 heavy (non-hydrogen) atoms. The molecule has 192 valence electrons. The molecule has 0 saturated heterocycles. The molecule has 0 radical (unpaired) electrons. The number of ether oxygens (including phenoxy) is 3. The van der Waals surface area contributed by atoms with Crippen LogP contribution in [0.4, 0.5) is 0 Å². The predicted molar refractivity (Wildman–Crippen MR) is 141 cm³/mol. The number of benzene rings is 2. The molecule has 6 rings (SSSR count). The number of rotatable bonds is 7. The summed E-state index contributed by atoms with van der Waals surface area (Å²) in [5.41, 5.74) is 3.84. The lowest BCUT2D eigenvalue weighted by atomic mass is 9.83. The van der Waals surface area contributed by atoms with Gasteiger partial charge in [0.2, 0.25) is 5.88 Å². The highest BCUT2D eigenvalue weighted by Crippen LogP contribution is 2.49. The Kier molecular flexibility index (Phi) is 6.04. The fraction of sp³-hybridized carbons (Fsp3) is 0.185. The van der Waals surface area contributed by atoms with E-state index < -0.39 is 0 Å². The van der Waals surface area contributed by atoms with Gasteiger partial charge in [-0.25, -0.2) is 14.5 Å². The van der Waals surface area contributed by atoms with Gasteiger partial charge in [0.15, 0.2) is 29.6 Å². The number of thiophene rings is 1. The summed E-state index contributed by atoms with van der Waals surface area (Å²) in [7, 11) is 3.19. The molecule has 0 bridgehead atoms. The number of oxime groups is 1. The number of methoxy groups -OCH3 is 2. The van der Waals surface area contributed by atoms with Gasteiger partial charge >= 0.3 is 0 Å². The largest absolute Gasteiger partial charge is 0.508 e. The Balaban J connectivity index is 1.43. The lowest BCUT2D eigenvalue weighted by molar-refractivity contribution is 0.125. The van der Waals surface area contributed by atoms with E-state index in [1.807, 2.05) is 48.7 Å². The molecule has 0 fully saturated rings. The zero-order valence-electron chi connectivity index (χ0n) is 20.8. The fourth-order valence-electron chi connectivity index (χ4n) is 4.50. The monoisotopic (exact) mass is 529 g/mol. The van der Waals surface area contributed by atoms with Crippen molar-refractivity contribution in [2.24, 2.45) is 5.16 Å². The van der Waals surface area contributed by atoms with Crippen LogP contribution in [0, 0.1) is 0 Å². The number of nitrogens with zero attached hydrogens (tertiary/aromatic N) is 5. The number of hydrogen-bond donors (Lipinski definition) is 1. The Bertz CT molecular complexity index is 1660. The molecule has 0 saturated carbocycles. The summed E-state index contributed by atoms with van der Waals surface area (Å²) in [6.07, 6.45) is 1.55. The SMILES string of the molecule is COc1ccc(C2c3ccc(O)cc3Oc3ncn4nc(CON=C(C)c5cccs5)nc4c32)cc1OC. The quantitative estimate of drug-likeness (QED) is 0.224. The van der Waals surface area contributed by atoms with Gasteiger partial charge in [0.25, 0.3) is 0 Å². The maximum absolute atomic E-state index is 10.1. The van der Waals surface area contributed by atoms with Crippen molar-refractivity contribution in [3.63, 3.8) is 0 Å². The molecule has 10 nitrogen and oxygen atoms in total. The van der Waals surface area contributed by atoms with Crippen molar-refractivity contribution in [1.82, 2.24) is 19.6 Å². The normalized spacial score (nSPS) is 14.5. The van der Waals surface area contributed by atoms with Crippen molar-refractivity contribution in [3.05, 3.63) is 87.6 Å². The van der Waals surface area contributed by atoms with Gasteiger partial charge in [-0.05, 0) is 42.1 Å². The molecule has 1 aliphatic rings. The Morgan fingerprint density at radius 2 is 2.00 bits per heavy atom. The topological polar surface area (TPSA) is 113 Å². The minimum Gasteiger partial charge on any atom is -0.508 e. The molecule has 0 aliphatic carbocycles. The Morgan fingerprint density at radius 1 is 1.13 bits per heavy atom. The van der Waals surface area contributed by atoms with Gasteiger partial charge < -0.3 is 24.2 Å². The standard InChI is InChI=1S/C27H23N5O5S/c1-15(22-5-4-10-38-22)31-36-13-23-29-26-25-24(16-6-9-19(34-2)21(11-16)35-3)18-8-7-17(33)12-20(18)37-27(25)28-14-32(26)30-23/h4-12,14,24,33H,13H2,1-3H3. The number of phenolic OH excluding ortho intramolecular Hbond substituents is 1. The summed E-state index contributed by atoms with van der Waals surface area (Å²) in [6.45, 7) is 1.98. The Labute approximate surface area is 221 Å². The highest BCUT2D eigenvalue weighted by atomic mass is 32.1. The number of fused-ring (bicyclic) bond motifs is 4. The second kappa shape index (κ2) is 9.67. The molecule has 5 aromatic rings. The average Bonchev–Trinajstić information content (AvgIpc) is 3.61. The molecule has 3 aromatic heterocycles. The average molecular weight is 530 g/mol. The van der Waals surface area contributed by atoms with Gasteiger partial charge in [0.05, 0.1) is 30.4 Å². The summed E-state index contributed by atoms with van der Waals surface area (Å²) in [6, 6.07) is 14.7. The van der Waals surface area contributed by atoms with E-state index in [9.17, 15) is 5.11 Å². The molecule has 1 aliphatic heterocycles. The lowest BCUT2D eigenvalue weighted by Gasteiger charge is -2.28. The minimum absolute atomic E-state index is 0.0888. The summed E-state index contributed by atoms with van der Waals surface area (Å²) < 4.78 is 18.7. The summed E-state index contributed by atoms with van der Waals surface area (Å²) in [4.78, 5) is 15.9. The van der Waals surface area contributed by atoms with E-state index in [-0.39, 0.29) is 18.3 Å². The molecule has 1 unspecified atom stereocenters. The third-order valence-electron chi connectivity index (χ3n) is 6.25. The molecule has 4 heterocycles. The van der Waals surface area contributed by atoms with Gasteiger partial charge in [-0.2, -0.15) is 0 Å². The molecule has 1 N–H and O–H groups in total. The number of aromatic nitrogens is 4. The number of phenols is 1. The van der Waals surface area contributed by atoms with E-state index >= 15 is 0 Å². The first-order valence-corrected chi connectivity index (χ1v) is 12.6. The Hall–Kier alpha value is -4.64. The van der Waals surface area contributed by atoms with Crippen LogP contribution in [0.1, 0.15) is 40.2 Å². The number of aromatic hydroxyl groups is 1. The number of hydrogen-bond acceptors (Lipinski definition) is 10. The first-order valence-electron chi connectivity index (χ1n) is 11.7. The van der Waals surface area contributed by atoms with E-state index in [2.05, 4.69) is 15.2 Å². The van der Waals surface area contributed by atoms with Gasteiger partial charge in [0.1, 0.15) is 17.8 Å². The maximum Gasteiger partial charge on any atom is 0.228 e. The van der Waals surface area contributed by atoms with Crippen molar-refractivity contribution in [2.45, 2.75) is 19.4 Å². The molecule has 2 aromatic carbocycles. The molecular weight excluding hydrogens is 506 g/mol. The van der Waals surface area contributed by atoms with Crippen molar-refractivity contribution < 1.29 is 24.2 Å². The third-order valence-corrected chi connectivity index (χ3v) is 7.23. The van der Waals surface area contributed by atoms with Crippen LogP contribution in [-0.2, 0) is 11.4 Å². The molecule has 1 atom stereocenters. The first-order chi connectivity index (χ1) is 18.6. The van der Waals surface area contributed by atoms with Gasteiger partial charge in [0, 0.05) is 17.5 Å². The molecule has 0 amide bonds. The minimum atomic E-state index is -0.331. The van der Waals surface area contributed by atoms with Crippen LogP contribution in [0.5, 0.6) is 28.9 Å². The summed E-state index contributed by atoms with van der Waals surface area (Å²) >= 11 is 1.59. The smallest absolute Gasteiger partial charge is 0.228 e. The summed E-state index contributed by atoms with van der Waals surface area (Å²) in [5.74, 6) is 2.31. The van der Waals surface area contributed by atoms with Crippen LogP contribution in [0.25, 0.3) is 5.65 Å². The van der Waals surface area contributed by atoms with Gasteiger partial charge in [-0.1, -0.05) is 23.4 Å². The van der Waals surface area contributed by atoms with Crippen molar-refractivity contribution in [2.75, 3.05) is 14.2 Å². The summed E-state index contributed by atoms with van der Waals surface area (Å²) in [5, 5.41) is 20.9. The zero-order chi connectivity index (χ0) is 26.2. The maximum atomic E-state index is 10.1. The van der Waals surface area contributed by atoms with Crippen molar-refractivity contribution in [3.8, 4) is 28.9 Å². The predicted octanol–water partition coefficient (Wildman–Crippen LogP) is 5.14. The van der Waals surface area contributed by atoms with E-state index in [0.717, 1.165) is 27.3 Å². The zero-order valence-corrected chi connectivity index (χ0v) is 21.6. The first kappa shape index (κ1) is 23.7. The van der Waals surface area contributed by atoms with Crippen molar-refractivity contribution in [1.29, 1.82) is 0 Å². The van der Waals surface area contributed by atoms with E-state index in [0.29, 0.717) is 34.6 Å². The van der Waals surface area contributed by atoms with E-state index in [1.165, 1.54) is 0 Å². The highest BCUT2D eigenvalue weighted by Gasteiger charge is 2.34. The van der Waals surface area contributed by atoms with Crippen LogP contribution in [0.15, 0.2) is 65.4 Å². The molecule has 11 heteroatoms. The van der Waals surface area contributed by atoms with E-state index in [4.69, 9.17) is 24.0 Å². The van der Waals surface area contributed by atoms with Crippen LogP contribution in [-0.4, -0.2) is 44.6 Å². The van der Waals surface area contributed by atoms with Crippen LogP contribution >= 0.6 is 11.3 Å². The molecular formula is C27H23N5O5S. The fourth-order valence-corrected chi connectivity index (χ4v) is 5.17.